The van der Waals surface area contributed by atoms with E-state index >= 15 is 0 Å². The number of imide groups is 1. The predicted molar refractivity (Wildman–Crippen MR) is 122 cm³/mol. The minimum absolute atomic E-state index is 0.180. The Labute approximate surface area is 193 Å². The zero-order valence-electron chi connectivity index (χ0n) is 16.6. The number of rotatable bonds is 5. The lowest BCUT2D eigenvalue weighted by molar-refractivity contribution is -0.121. The van der Waals surface area contributed by atoms with Crippen molar-refractivity contribution >= 4 is 58.1 Å². The second-order valence-electron chi connectivity index (χ2n) is 7.12. The number of nitrogens with one attached hydrogen (secondary N) is 1. The number of halogens is 2. The van der Waals surface area contributed by atoms with Gasteiger partial charge < -0.3 is 5.32 Å². The largest absolute Gasteiger partial charge is 0.321 e. The van der Waals surface area contributed by atoms with Gasteiger partial charge in [-0.25, -0.2) is 0 Å². The molecule has 8 heteroatoms. The van der Waals surface area contributed by atoms with Crippen LogP contribution >= 0.6 is 23.2 Å². The normalized spacial score (nSPS) is 13.4. The van der Waals surface area contributed by atoms with E-state index < -0.39 is 5.91 Å². The number of amides is 3. The first-order valence-electron chi connectivity index (χ1n) is 9.71. The van der Waals surface area contributed by atoms with E-state index in [2.05, 4.69) is 5.32 Å². The molecule has 6 nitrogen and oxygen atoms in total. The molecule has 1 fully saturated rings. The second-order valence-corrected chi connectivity index (χ2v) is 7.97. The smallest absolute Gasteiger partial charge is 0.255 e. The zero-order valence-corrected chi connectivity index (χ0v) is 18.1. The first kappa shape index (κ1) is 21.7. The highest BCUT2D eigenvalue weighted by molar-refractivity contribution is 6.36. The Morgan fingerprint density at radius 2 is 1.47 bits per heavy atom. The fraction of sp³-hybridized carbons (Fsp3) is 0.0833. The third-order valence-electron chi connectivity index (χ3n) is 5.03. The lowest BCUT2D eigenvalue weighted by Crippen LogP contribution is -2.28. The molecule has 0 radical (unpaired) electrons. The van der Waals surface area contributed by atoms with Crippen molar-refractivity contribution in [2.45, 2.75) is 12.8 Å². The van der Waals surface area contributed by atoms with Crippen LogP contribution < -0.4 is 10.2 Å². The van der Waals surface area contributed by atoms with Crippen LogP contribution in [0.5, 0.6) is 0 Å². The van der Waals surface area contributed by atoms with Crippen molar-refractivity contribution in [3.05, 3.63) is 93.5 Å². The van der Waals surface area contributed by atoms with Gasteiger partial charge in [0, 0.05) is 34.6 Å². The van der Waals surface area contributed by atoms with Gasteiger partial charge in [-0.15, -0.1) is 0 Å². The summed E-state index contributed by atoms with van der Waals surface area (Å²) in [5.41, 5.74) is 1.47. The van der Waals surface area contributed by atoms with Gasteiger partial charge in [0.05, 0.1) is 16.4 Å². The minimum Gasteiger partial charge on any atom is -0.321 e. The number of ketones is 1. The molecule has 160 valence electrons. The number of carbonyl (C=O) groups is 4. The van der Waals surface area contributed by atoms with Crippen molar-refractivity contribution in [1.82, 2.24) is 0 Å². The van der Waals surface area contributed by atoms with Crippen LogP contribution in [0.3, 0.4) is 0 Å². The molecule has 1 saturated heterocycles. The van der Waals surface area contributed by atoms with Crippen molar-refractivity contribution in [3.8, 4) is 0 Å². The molecule has 0 atom stereocenters. The van der Waals surface area contributed by atoms with E-state index in [1.807, 2.05) is 0 Å². The fourth-order valence-electron chi connectivity index (χ4n) is 3.42. The van der Waals surface area contributed by atoms with Crippen LogP contribution in [-0.2, 0) is 9.59 Å². The number of hydrogen-bond acceptors (Lipinski definition) is 4. The van der Waals surface area contributed by atoms with Crippen LogP contribution in [0.25, 0.3) is 0 Å². The van der Waals surface area contributed by atoms with Gasteiger partial charge in [-0.3, -0.25) is 24.1 Å². The number of nitrogens with zero attached hydrogens (tertiary/aromatic N) is 1. The van der Waals surface area contributed by atoms with Crippen molar-refractivity contribution in [3.63, 3.8) is 0 Å². The van der Waals surface area contributed by atoms with Gasteiger partial charge in [-0.1, -0.05) is 35.3 Å². The SMILES string of the molecule is O=C(Nc1ccc(Cl)cc1C(=O)c1ccccc1Cl)c1ccc(N2C(=O)CCC2=O)cc1. The molecule has 1 aliphatic heterocycles. The summed E-state index contributed by atoms with van der Waals surface area (Å²) in [5.74, 6) is -1.38. The third kappa shape index (κ3) is 4.28. The fourth-order valence-corrected chi connectivity index (χ4v) is 3.82. The van der Waals surface area contributed by atoms with Crippen molar-refractivity contribution in [2.75, 3.05) is 10.2 Å². The molecule has 0 aromatic heterocycles. The molecule has 0 saturated carbocycles. The Kier molecular flexibility index (Phi) is 6.08. The predicted octanol–water partition coefficient (Wildman–Crippen LogP) is 5.13. The molecule has 1 heterocycles. The van der Waals surface area contributed by atoms with E-state index in [0.717, 1.165) is 4.90 Å². The molecule has 0 unspecified atom stereocenters. The summed E-state index contributed by atoms with van der Waals surface area (Å²) in [7, 11) is 0. The van der Waals surface area contributed by atoms with E-state index in [0.29, 0.717) is 16.3 Å². The summed E-state index contributed by atoms with van der Waals surface area (Å²) < 4.78 is 0. The Hall–Kier alpha value is -3.48. The molecular weight excluding hydrogens is 451 g/mol. The van der Waals surface area contributed by atoms with Crippen molar-refractivity contribution < 1.29 is 19.2 Å². The summed E-state index contributed by atoms with van der Waals surface area (Å²) in [6.45, 7) is 0. The lowest BCUT2D eigenvalue weighted by Gasteiger charge is -2.15. The summed E-state index contributed by atoms with van der Waals surface area (Å²) in [6.07, 6.45) is 0.361. The van der Waals surface area contributed by atoms with E-state index in [9.17, 15) is 19.2 Å². The molecule has 0 spiro atoms. The molecular formula is C24H16Cl2N2O4. The standard InChI is InChI=1S/C24H16Cl2N2O4/c25-15-7-10-20(18(13-15)23(31)17-3-1-2-4-19(17)26)27-24(32)14-5-8-16(9-6-14)28-21(29)11-12-22(28)30/h1-10,13H,11-12H2,(H,27,32). The van der Waals surface area contributed by atoms with E-state index in [4.69, 9.17) is 23.2 Å². The van der Waals surface area contributed by atoms with Crippen LogP contribution in [0, 0.1) is 0 Å². The van der Waals surface area contributed by atoms with Gasteiger partial charge >= 0.3 is 0 Å². The molecule has 0 aliphatic carbocycles. The summed E-state index contributed by atoms with van der Waals surface area (Å²) in [4.78, 5) is 50.7. The van der Waals surface area contributed by atoms with Gasteiger partial charge in [0.1, 0.15) is 0 Å². The molecule has 3 aromatic carbocycles. The van der Waals surface area contributed by atoms with Gasteiger partial charge in [-0.2, -0.15) is 0 Å². The molecule has 32 heavy (non-hydrogen) atoms. The maximum absolute atomic E-state index is 13.0. The highest BCUT2D eigenvalue weighted by Crippen LogP contribution is 2.28. The second kappa shape index (κ2) is 8.94. The monoisotopic (exact) mass is 466 g/mol. The van der Waals surface area contributed by atoms with Crippen LogP contribution in [0.4, 0.5) is 11.4 Å². The number of hydrogen-bond donors (Lipinski definition) is 1. The maximum atomic E-state index is 13.0. The number of benzene rings is 3. The van der Waals surface area contributed by atoms with Gasteiger partial charge in [0.2, 0.25) is 11.8 Å². The van der Waals surface area contributed by atoms with E-state index in [1.165, 1.54) is 30.3 Å². The average molecular weight is 467 g/mol. The Bertz CT molecular complexity index is 1240. The first-order chi connectivity index (χ1) is 15.3. The molecule has 3 aromatic rings. The van der Waals surface area contributed by atoms with Gasteiger partial charge in [0.15, 0.2) is 5.78 Å². The summed E-state index contributed by atoms with van der Waals surface area (Å²) in [6, 6.07) is 17.3. The molecule has 3 amide bonds. The Balaban J connectivity index is 1.59. The van der Waals surface area contributed by atoms with Crippen molar-refractivity contribution in [1.29, 1.82) is 0 Å². The van der Waals surface area contributed by atoms with Crippen LogP contribution in [0.1, 0.15) is 39.1 Å². The van der Waals surface area contributed by atoms with E-state index in [1.54, 1.807) is 36.4 Å². The highest BCUT2D eigenvalue weighted by Gasteiger charge is 2.30. The Morgan fingerprint density at radius 3 is 2.12 bits per heavy atom. The Morgan fingerprint density at radius 1 is 0.812 bits per heavy atom. The van der Waals surface area contributed by atoms with Crippen LogP contribution in [0.15, 0.2) is 66.7 Å². The molecule has 1 N–H and O–H groups in total. The third-order valence-corrected chi connectivity index (χ3v) is 5.60. The van der Waals surface area contributed by atoms with Crippen LogP contribution in [-0.4, -0.2) is 23.5 Å². The number of carbonyl (C=O) groups excluding carboxylic acids is 4. The van der Waals surface area contributed by atoms with Gasteiger partial charge in [0.25, 0.3) is 5.91 Å². The average Bonchev–Trinajstić information content (AvgIpc) is 3.13. The molecule has 0 bridgehead atoms. The highest BCUT2D eigenvalue weighted by atomic mass is 35.5. The zero-order chi connectivity index (χ0) is 22.8. The van der Waals surface area contributed by atoms with Gasteiger partial charge in [-0.05, 0) is 54.6 Å². The first-order valence-corrected chi connectivity index (χ1v) is 10.5. The summed E-state index contributed by atoms with van der Waals surface area (Å²) in [5, 5.41) is 3.35. The molecule has 1 aliphatic rings. The van der Waals surface area contributed by atoms with Crippen molar-refractivity contribution in [2.24, 2.45) is 0 Å². The van der Waals surface area contributed by atoms with E-state index in [-0.39, 0.29) is 52.3 Å². The quantitative estimate of drug-likeness (QED) is 0.417. The van der Waals surface area contributed by atoms with Crippen LogP contribution in [0.2, 0.25) is 10.0 Å². The topological polar surface area (TPSA) is 83.6 Å². The molecule has 4 rings (SSSR count). The number of anilines is 2. The maximum Gasteiger partial charge on any atom is 0.255 e. The lowest BCUT2D eigenvalue weighted by atomic mass is 10.0. The summed E-state index contributed by atoms with van der Waals surface area (Å²) >= 11 is 12.2. The minimum atomic E-state index is -0.467.